The molecule has 1 heterocycles. The molecule has 39 heavy (non-hydrogen) atoms. The highest BCUT2D eigenvalue weighted by molar-refractivity contribution is 6.01. The number of aliphatic hydroxyl groups is 1. The normalized spacial score (nSPS) is 42.0. The van der Waals surface area contributed by atoms with E-state index >= 15 is 0 Å². The van der Waals surface area contributed by atoms with Crippen molar-refractivity contribution in [2.24, 2.45) is 28.6 Å². The third-order valence-corrected chi connectivity index (χ3v) is 10.6. The lowest BCUT2D eigenvalue weighted by Gasteiger charge is -2.59. The number of nitrogens with zero attached hydrogens (tertiary/aromatic N) is 1. The van der Waals surface area contributed by atoms with Crippen molar-refractivity contribution in [3.8, 4) is 11.8 Å². The summed E-state index contributed by atoms with van der Waals surface area (Å²) in [5, 5.41) is 20.9. The summed E-state index contributed by atoms with van der Waals surface area (Å²) in [6.07, 6.45) is 8.24. The summed E-state index contributed by atoms with van der Waals surface area (Å²) in [7, 11) is 0. The summed E-state index contributed by atoms with van der Waals surface area (Å²) < 4.78 is 19.1. The maximum Gasteiger partial charge on any atom is 0.205 e. The van der Waals surface area contributed by atoms with E-state index in [1.165, 1.54) is 0 Å². The maximum atomic E-state index is 14.2. The predicted molar refractivity (Wildman–Crippen MR) is 142 cm³/mol. The Labute approximate surface area is 229 Å². The molecule has 7 heteroatoms. The van der Waals surface area contributed by atoms with Crippen LogP contribution < -0.4 is 4.74 Å². The van der Waals surface area contributed by atoms with Crippen molar-refractivity contribution in [2.45, 2.75) is 83.4 Å². The van der Waals surface area contributed by atoms with Crippen molar-refractivity contribution in [3.63, 3.8) is 0 Å². The summed E-state index contributed by atoms with van der Waals surface area (Å²) in [5.41, 5.74) is -0.578. The van der Waals surface area contributed by atoms with Crippen LogP contribution in [0.3, 0.4) is 0 Å². The Morgan fingerprint density at radius 3 is 2.74 bits per heavy atom. The molecule has 4 fully saturated rings. The van der Waals surface area contributed by atoms with Crippen LogP contribution in [0.4, 0.5) is 0 Å². The van der Waals surface area contributed by atoms with Crippen molar-refractivity contribution in [1.82, 2.24) is 0 Å². The number of fused-ring (bicyclic) bond motifs is 7. The van der Waals surface area contributed by atoms with Crippen molar-refractivity contribution in [3.05, 3.63) is 53.6 Å². The first-order valence-electron chi connectivity index (χ1n) is 14.3. The van der Waals surface area contributed by atoms with Crippen LogP contribution in [0.25, 0.3) is 0 Å². The number of allylic oxidation sites excluding steroid dienone is 4. The van der Waals surface area contributed by atoms with E-state index in [1.54, 1.807) is 36.4 Å². The van der Waals surface area contributed by atoms with E-state index in [0.29, 0.717) is 30.6 Å². The lowest BCUT2D eigenvalue weighted by Crippen LogP contribution is -2.63. The third kappa shape index (κ3) is 3.79. The Bertz CT molecular complexity index is 1280. The van der Waals surface area contributed by atoms with Gasteiger partial charge in [-0.05, 0) is 80.4 Å². The van der Waals surface area contributed by atoms with Gasteiger partial charge in [0.15, 0.2) is 17.7 Å². The summed E-state index contributed by atoms with van der Waals surface area (Å²) in [6.45, 7) is 6.16. The summed E-state index contributed by atoms with van der Waals surface area (Å²) in [5.74, 6) is 0.638. The zero-order valence-corrected chi connectivity index (χ0v) is 22.9. The van der Waals surface area contributed by atoms with Gasteiger partial charge in [0.2, 0.25) is 5.78 Å². The number of nitriles is 1. The van der Waals surface area contributed by atoms with Gasteiger partial charge in [-0.15, -0.1) is 0 Å². The average molecular weight is 532 g/mol. The van der Waals surface area contributed by atoms with Crippen LogP contribution in [-0.4, -0.2) is 47.4 Å². The highest BCUT2D eigenvalue weighted by atomic mass is 16.7. The Hall–Kier alpha value is -2.79. The molecule has 0 aromatic heterocycles. The van der Waals surface area contributed by atoms with E-state index in [2.05, 4.69) is 26.8 Å². The van der Waals surface area contributed by atoms with Crippen molar-refractivity contribution >= 4 is 11.6 Å². The Kier molecular flexibility index (Phi) is 6.37. The molecule has 0 bridgehead atoms. The largest absolute Gasteiger partial charge is 0.486 e. The van der Waals surface area contributed by atoms with Gasteiger partial charge >= 0.3 is 0 Å². The fourth-order valence-electron chi connectivity index (χ4n) is 8.89. The molecule has 9 atom stereocenters. The number of hydrogen-bond acceptors (Lipinski definition) is 7. The molecule has 1 N–H and O–H groups in total. The highest BCUT2D eigenvalue weighted by Gasteiger charge is 2.75. The monoisotopic (exact) mass is 531 g/mol. The van der Waals surface area contributed by atoms with E-state index < -0.39 is 29.5 Å². The second-order valence-electron chi connectivity index (χ2n) is 12.5. The molecule has 1 saturated heterocycles. The Morgan fingerprint density at radius 1 is 1.26 bits per heavy atom. The summed E-state index contributed by atoms with van der Waals surface area (Å²) >= 11 is 0. The van der Waals surface area contributed by atoms with Crippen LogP contribution in [-0.2, 0) is 19.1 Å². The molecule has 0 radical (unpaired) electrons. The number of aliphatic hydroxyl groups excluding tert-OH is 1. The minimum atomic E-state index is -1.20. The van der Waals surface area contributed by atoms with Gasteiger partial charge in [-0.1, -0.05) is 38.8 Å². The number of hydrogen-bond donors (Lipinski definition) is 1. The number of Topliss-reactive ketones (excluding diaryl/α,β-unsaturated/α-hetero) is 1. The number of carbonyl (C=O) groups excluding carboxylic acids is 2. The molecule has 5 aliphatic rings. The molecular formula is C32H37NO6. The molecule has 206 valence electrons. The standard InChI is InChI=1S/C32H37NO6/c1-4-5-28-38-27-15-24-23-11-8-20-14-21(34)12-13-30(20,2)29(23)25(35)16-31(24,3)32(27,39-28)26(36)18-37-22-9-6-19(17-33)7-10-22/h6-7,9-10,12-14,23-25,27-29,35H,4-5,8,11,15-16,18H2,1-3H3/t23?,24?,25?,27-,28?,29?,30?,31?,32-/m1/s1. The van der Waals surface area contributed by atoms with Crippen LogP contribution in [0.15, 0.2) is 48.1 Å². The SMILES string of the molecule is CCCC1O[C@@H]2CC3C4CCC5=CC(=O)C=CC5(C)C4C(O)CC3(C)[C@]2(C(=O)COc2ccc(C#N)cc2)O1. The molecule has 3 saturated carbocycles. The fraction of sp³-hybridized carbons (Fsp3) is 0.594. The van der Waals surface area contributed by atoms with Crippen LogP contribution in [0.5, 0.6) is 5.75 Å². The summed E-state index contributed by atoms with van der Waals surface area (Å²) in [4.78, 5) is 26.4. The van der Waals surface area contributed by atoms with Crippen molar-refractivity contribution in [1.29, 1.82) is 5.26 Å². The zero-order valence-electron chi connectivity index (χ0n) is 22.9. The van der Waals surface area contributed by atoms with Gasteiger partial charge in [0, 0.05) is 16.7 Å². The first-order valence-corrected chi connectivity index (χ1v) is 14.3. The van der Waals surface area contributed by atoms with E-state index in [4.69, 9.17) is 19.5 Å². The van der Waals surface area contributed by atoms with Gasteiger partial charge < -0.3 is 19.3 Å². The van der Waals surface area contributed by atoms with Gasteiger partial charge in [-0.25, -0.2) is 0 Å². The predicted octanol–water partition coefficient (Wildman–Crippen LogP) is 4.68. The van der Waals surface area contributed by atoms with E-state index in [1.807, 2.05) is 6.08 Å². The smallest absolute Gasteiger partial charge is 0.205 e. The van der Waals surface area contributed by atoms with Crippen LogP contribution in [0.1, 0.15) is 64.9 Å². The first kappa shape index (κ1) is 26.4. The topological polar surface area (TPSA) is 106 Å². The number of rotatable bonds is 6. The molecule has 1 aromatic carbocycles. The minimum Gasteiger partial charge on any atom is -0.486 e. The molecule has 7 nitrogen and oxygen atoms in total. The third-order valence-electron chi connectivity index (χ3n) is 10.6. The second-order valence-corrected chi connectivity index (χ2v) is 12.5. The van der Waals surface area contributed by atoms with Gasteiger partial charge in [-0.2, -0.15) is 5.26 Å². The first-order chi connectivity index (χ1) is 18.7. The lowest BCUT2D eigenvalue weighted by atomic mass is 9.46. The zero-order chi connectivity index (χ0) is 27.6. The summed E-state index contributed by atoms with van der Waals surface area (Å²) in [6, 6.07) is 8.80. The van der Waals surface area contributed by atoms with E-state index in [0.717, 1.165) is 24.8 Å². The maximum absolute atomic E-state index is 14.2. The molecule has 7 unspecified atom stereocenters. The fourth-order valence-corrected chi connectivity index (χ4v) is 8.89. The average Bonchev–Trinajstić information content (AvgIpc) is 3.40. The molecule has 6 rings (SSSR count). The second kappa shape index (κ2) is 9.40. The molecular weight excluding hydrogens is 494 g/mol. The van der Waals surface area contributed by atoms with Gasteiger partial charge in [-0.3, -0.25) is 9.59 Å². The van der Waals surface area contributed by atoms with Crippen LogP contribution in [0.2, 0.25) is 0 Å². The molecule has 4 aliphatic carbocycles. The van der Waals surface area contributed by atoms with Crippen molar-refractivity contribution < 1.29 is 28.9 Å². The molecule has 1 aliphatic heterocycles. The van der Waals surface area contributed by atoms with Gasteiger partial charge in [0.25, 0.3) is 0 Å². The number of ketones is 2. The minimum absolute atomic E-state index is 0.0158. The van der Waals surface area contributed by atoms with Crippen molar-refractivity contribution in [2.75, 3.05) is 6.61 Å². The van der Waals surface area contributed by atoms with Crippen LogP contribution in [0, 0.1) is 39.9 Å². The molecule has 1 aromatic rings. The van der Waals surface area contributed by atoms with Crippen LogP contribution >= 0.6 is 0 Å². The Morgan fingerprint density at radius 2 is 2.03 bits per heavy atom. The van der Waals surface area contributed by atoms with E-state index in [9.17, 15) is 14.7 Å². The quantitative estimate of drug-likeness (QED) is 0.568. The molecule has 0 spiro atoms. The molecule has 0 amide bonds. The number of ether oxygens (including phenoxy) is 3. The number of benzene rings is 1. The number of carbonyl (C=O) groups is 2. The lowest BCUT2D eigenvalue weighted by molar-refractivity contribution is -0.200. The van der Waals surface area contributed by atoms with E-state index in [-0.39, 0.29) is 41.3 Å². The van der Waals surface area contributed by atoms with Gasteiger partial charge in [0.05, 0.1) is 23.8 Å². The van der Waals surface area contributed by atoms with Gasteiger partial charge in [0.1, 0.15) is 12.4 Å². The highest BCUT2D eigenvalue weighted by Crippen LogP contribution is 2.69. The Balaban J connectivity index is 1.33.